The van der Waals surface area contributed by atoms with Crippen molar-refractivity contribution >= 4 is 57.2 Å². The van der Waals surface area contributed by atoms with E-state index in [-0.39, 0.29) is 37.2 Å². The van der Waals surface area contributed by atoms with Gasteiger partial charge >= 0.3 is 11.9 Å². The number of alkyl halides is 1. The van der Waals surface area contributed by atoms with Crippen LogP contribution in [-0.4, -0.2) is 95.9 Å². The average molecular weight is 872 g/mol. The van der Waals surface area contributed by atoms with E-state index < -0.39 is 48.1 Å². The Morgan fingerprint density at radius 2 is 1.26 bits per heavy atom. The third-order valence-corrected chi connectivity index (χ3v) is 11.8. The Labute approximate surface area is 359 Å². The second-order valence-corrected chi connectivity index (χ2v) is 16.9. The molecule has 14 nitrogen and oxygen atoms in total. The zero-order chi connectivity index (χ0) is 42.7. The molecule has 6 aromatic rings. The molecule has 61 heavy (non-hydrogen) atoms. The van der Waals surface area contributed by atoms with Crippen LogP contribution in [0.1, 0.15) is 66.9 Å². The van der Waals surface area contributed by atoms with Gasteiger partial charge in [0.2, 0.25) is 0 Å². The smallest absolute Gasteiger partial charge is 0.338 e. The molecule has 2 saturated heterocycles. The van der Waals surface area contributed by atoms with Gasteiger partial charge in [-0.1, -0.05) is 65.7 Å². The van der Waals surface area contributed by atoms with E-state index in [0.717, 1.165) is 11.0 Å². The van der Waals surface area contributed by atoms with Gasteiger partial charge in [0.15, 0.2) is 17.2 Å². The third kappa shape index (κ3) is 7.90. The quantitative estimate of drug-likeness (QED) is 0.0827. The summed E-state index contributed by atoms with van der Waals surface area (Å²) < 4.78 is 55.3. The van der Waals surface area contributed by atoms with Crippen molar-refractivity contribution in [3.8, 4) is 0 Å². The maximum Gasteiger partial charge on any atom is 0.338 e. The number of aromatic nitrogens is 6. The normalized spacial score (nSPS) is 27.0. The van der Waals surface area contributed by atoms with E-state index in [1.165, 1.54) is 12.7 Å². The van der Waals surface area contributed by atoms with Crippen LogP contribution < -0.4 is 0 Å². The van der Waals surface area contributed by atoms with Gasteiger partial charge in [-0.15, -0.1) is 0 Å². The first-order valence-corrected chi connectivity index (χ1v) is 20.5. The van der Waals surface area contributed by atoms with Crippen LogP contribution in [0.25, 0.3) is 22.1 Å². The summed E-state index contributed by atoms with van der Waals surface area (Å²) in [5, 5.41) is 2.17. The molecule has 0 amide bonds. The first-order chi connectivity index (χ1) is 29.2. The number of esters is 2. The Bertz CT molecular complexity index is 2640. The zero-order valence-electron chi connectivity index (χ0n) is 33.5. The number of benzene rings is 2. The lowest BCUT2D eigenvalue weighted by Crippen LogP contribution is -2.42. The molecule has 0 N–H and O–H groups in total. The van der Waals surface area contributed by atoms with Crippen molar-refractivity contribution in [1.82, 2.24) is 29.1 Å². The minimum absolute atomic E-state index is 0.0336. The summed E-state index contributed by atoms with van der Waals surface area (Å²) in [7, 11) is 0. The SMILES string of the molecule is CC1(C)O[C@@H]2[C@H](O1)C(COC(=O)c1ccccc1)=C[C@H]2n1ccc2c(Cl)ncnc21.CC1(C)O[C@H]2[C@H](n3ccc4c(Cl)ncnc43)C[C@](F)(COC(=O)c3ccccc3)[C@H]2O1. The molecular weight excluding hydrogens is 830 g/mol. The first kappa shape index (κ1) is 41.1. The van der Waals surface area contributed by atoms with Gasteiger partial charge in [0.25, 0.3) is 0 Å². The van der Waals surface area contributed by atoms with E-state index in [0.29, 0.717) is 38.1 Å². The minimum Gasteiger partial charge on any atom is -0.459 e. The van der Waals surface area contributed by atoms with Gasteiger partial charge < -0.3 is 37.6 Å². The Morgan fingerprint density at radius 1 is 0.721 bits per heavy atom. The molecule has 2 aliphatic heterocycles. The number of hydrogen-bond acceptors (Lipinski definition) is 12. The number of halogens is 3. The lowest BCUT2D eigenvalue weighted by molar-refractivity contribution is -0.175. The molecule has 10 rings (SSSR count). The summed E-state index contributed by atoms with van der Waals surface area (Å²) in [6.45, 7) is 6.93. The lowest BCUT2D eigenvalue weighted by atomic mass is 10.0. The fourth-order valence-corrected chi connectivity index (χ4v) is 8.97. The monoisotopic (exact) mass is 870 g/mol. The van der Waals surface area contributed by atoms with Crippen LogP contribution in [0.3, 0.4) is 0 Å². The van der Waals surface area contributed by atoms with E-state index in [2.05, 4.69) is 19.9 Å². The van der Waals surface area contributed by atoms with E-state index in [1.807, 2.05) is 47.4 Å². The Balaban J connectivity index is 0.000000156. The van der Waals surface area contributed by atoms with Crippen molar-refractivity contribution in [3.63, 3.8) is 0 Å². The molecule has 4 aliphatic rings. The molecular formula is C44H41Cl2FN6O8. The van der Waals surface area contributed by atoms with E-state index >= 15 is 4.39 Å². The average Bonchev–Trinajstić information content (AvgIpc) is 4.09. The Kier molecular flexibility index (Phi) is 10.7. The molecule has 1 saturated carbocycles. The number of rotatable bonds is 8. The summed E-state index contributed by atoms with van der Waals surface area (Å²) in [6, 6.07) is 20.5. The zero-order valence-corrected chi connectivity index (χ0v) is 35.0. The summed E-state index contributed by atoms with van der Waals surface area (Å²) in [5.74, 6) is -2.67. The van der Waals surface area contributed by atoms with Crippen molar-refractivity contribution in [2.24, 2.45) is 0 Å². The van der Waals surface area contributed by atoms with Crippen LogP contribution in [0.15, 0.2) is 109 Å². The highest BCUT2D eigenvalue weighted by Crippen LogP contribution is 2.52. The van der Waals surface area contributed by atoms with Crippen molar-refractivity contribution in [2.45, 2.75) is 87.9 Å². The van der Waals surface area contributed by atoms with Crippen molar-refractivity contribution in [2.75, 3.05) is 13.2 Å². The fourth-order valence-electron chi connectivity index (χ4n) is 8.59. The third-order valence-electron chi connectivity index (χ3n) is 11.2. The van der Waals surface area contributed by atoms with Gasteiger partial charge in [-0.2, -0.15) is 0 Å². The summed E-state index contributed by atoms with van der Waals surface area (Å²) in [4.78, 5) is 41.5. The maximum atomic E-state index is 16.3. The summed E-state index contributed by atoms with van der Waals surface area (Å²) in [6.07, 6.45) is 6.51. The van der Waals surface area contributed by atoms with Crippen LogP contribution in [0, 0.1) is 0 Å². The number of carbonyl (C=O) groups excluding carboxylic acids is 2. The number of ether oxygens (including phenoxy) is 6. The number of fused-ring (bicyclic) bond motifs is 4. The van der Waals surface area contributed by atoms with Crippen LogP contribution in [-0.2, 0) is 28.4 Å². The van der Waals surface area contributed by atoms with Crippen LogP contribution in [0.4, 0.5) is 4.39 Å². The second kappa shape index (κ2) is 15.9. The predicted molar refractivity (Wildman–Crippen MR) is 221 cm³/mol. The number of nitrogens with zero attached hydrogens (tertiary/aromatic N) is 6. The number of hydrogen-bond donors (Lipinski definition) is 0. The van der Waals surface area contributed by atoms with Gasteiger partial charge in [0.05, 0.1) is 34.0 Å². The van der Waals surface area contributed by atoms with Crippen LogP contribution in [0.2, 0.25) is 10.3 Å². The molecule has 0 unspecified atom stereocenters. The molecule has 316 valence electrons. The lowest BCUT2D eigenvalue weighted by Gasteiger charge is -2.28. The number of carbonyl (C=O) groups is 2. The van der Waals surface area contributed by atoms with Gasteiger partial charge in [-0.3, -0.25) is 0 Å². The fraction of sp³-hybridized carbons (Fsp3) is 0.364. The highest BCUT2D eigenvalue weighted by molar-refractivity contribution is 6.34. The minimum atomic E-state index is -1.93. The van der Waals surface area contributed by atoms with Crippen LogP contribution in [0.5, 0.6) is 0 Å². The van der Waals surface area contributed by atoms with E-state index in [4.69, 9.17) is 51.6 Å². The Hall–Kier alpha value is -5.29. The first-order valence-electron chi connectivity index (χ1n) is 19.7. The molecule has 4 aromatic heterocycles. The van der Waals surface area contributed by atoms with Crippen LogP contribution >= 0.6 is 23.2 Å². The van der Waals surface area contributed by atoms with E-state index in [1.54, 1.807) is 80.7 Å². The molecule has 3 fully saturated rings. The largest absolute Gasteiger partial charge is 0.459 e. The molecule has 0 spiro atoms. The van der Waals surface area contributed by atoms with Crippen molar-refractivity contribution in [3.05, 3.63) is 131 Å². The Morgan fingerprint density at radius 3 is 1.89 bits per heavy atom. The highest BCUT2D eigenvalue weighted by atomic mass is 35.5. The standard InChI is InChI=1S/C22H21ClFN3O4.C22H20ClN3O4/c1-21(2)30-16-15(27-9-8-14-18(23)25-12-26-19(14)27)10-22(24,17(16)31-21)11-29-20(28)13-6-4-3-5-7-13;1-22(2)29-17-14(11-28-21(27)13-6-4-3-5-7-13)10-16(18(17)30-22)26-9-8-15-19(23)24-12-25-20(15)26/h3-9,12,15-17H,10-11H2,1-2H3;3-10,12,16-18H,11H2,1-2H3/t15-,16+,17+,22+;16-,17-,18+/m11/s1. The molecule has 2 aromatic carbocycles. The van der Waals surface area contributed by atoms with E-state index in [9.17, 15) is 9.59 Å². The topological polar surface area (TPSA) is 151 Å². The molecule has 0 radical (unpaired) electrons. The molecule has 17 heteroatoms. The summed E-state index contributed by atoms with van der Waals surface area (Å²) in [5.41, 5.74) is 1.11. The molecule has 6 heterocycles. The molecule has 2 aliphatic carbocycles. The van der Waals surface area contributed by atoms with Crippen molar-refractivity contribution in [1.29, 1.82) is 0 Å². The maximum absolute atomic E-state index is 16.3. The molecule has 0 bridgehead atoms. The molecule has 7 atom stereocenters. The van der Waals surface area contributed by atoms with Gasteiger partial charge in [0.1, 0.15) is 71.9 Å². The van der Waals surface area contributed by atoms with Gasteiger partial charge in [-0.05, 0) is 69.7 Å². The predicted octanol–water partition coefficient (Wildman–Crippen LogP) is 8.06. The summed E-state index contributed by atoms with van der Waals surface area (Å²) >= 11 is 12.4. The second-order valence-electron chi connectivity index (χ2n) is 16.2. The highest BCUT2D eigenvalue weighted by Gasteiger charge is 2.63. The van der Waals surface area contributed by atoms with Gasteiger partial charge in [0, 0.05) is 18.8 Å². The van der Waals surface area contributed by atoms with Gasteiger partial charge in [-0.25, -0.2) is 33.9 Å². The van der Waals surface area contributed by atoms with Crippen molar-refractivity contribution < 1.29 is 42.4 Å².